The first-order chi connectivity index (χ1) is 4.16. The lowest BCUT2D eigenvalue weighted by molar-refractivity contribution is -0.141. The third-order valence-electron chi connectivity index (χ3n) is 0.645. The van der Waals surface area contributed by atoms with E-state index in [2.05, 4.69) is 4.74 Å². The van der Waals surface area contributed by atoms with Gasteiger partial charge in [0.1, 0.15) is 0 Å². The fraction of sp³-hybridized carbons (Fsp3) is 0.400. The Kier molecular flexibility index (Phi) is 3.43. The maximum Gasteiger partial charge on any atom is 0.310 e. The second-order valence-electron chi connectivity index (χ2n) is 1.33. The van der Waals surface area contributed by atoms with E-state index in [1.807, 2.05) is 0 Å². The summed E-state index contributed by atoms with van der Waals surface area (Å²) in [6, 6.07) is 0. The van der Waals surface area contributed by atoms with Crippen LogP contribution in [0.2, 0.25) is 0 Å². The third-order valence-corrected chi connectivity index (χ3v) is 0.645. The zero-order valence-corrected chi connectivity index (χ0v) is 4.96. The molecule has 1 radical (unpaired) electrons. The van der Waals surface area contributed by atoms with Crippen LogP contribution in [-0.4, -0.2) is 24.2 Å². The summed E-state index contributed by atoms with van der Waals surface area (Å²) in [5.41, 5.74) is 0. The van der Waals surface area contributed by atoms with Gasteiger partial charge in [-0.1, -0.05) is 0 Å². The van der Waals surface area contributed by atoms with Crippen LogP contribution in [0.15, 0.2) is 0 Å². The van der Waals surface area contributed by atoms with Crippen molar-refractivity contribution in [1.82, 2.24) is 0 Å². The summed E-state index contributed by atoms with van der Waals surface area (Å²) in [5, 5.41) is 8.02. The van der Waals surface area contributed by atoms with Gasteiger partial charge in [-0.2, -0.15) is 0 Å². The molecule has 0 saturated carbocycles. The fourth-order valence-corrected chi connectivity index (χ4v) is 0.254. The van der Waals surface area contributed by atoms with Crippen LogP contribution < -0.4 is 0 Å². The minimum absolute atomic E-state index is 0.285. The van der Waals surface area contributed by atoms with Gasteiger partial charge in [0.05, 0.1) is 20.0 Å². The van der Waals surface area contributed by atoms with Crippen LogP contribution in [0.4, 0.5) is 0 Å². The van der Waals surface area contributed by atoms with Gasteiger partial charge in [0.25, 0.3) is 0 Å². The fourth-order valence-electron chi connectivity index (χ4n) is 0.254. The second-order valence-corrected chi connectivity index (χ2v) is 1.33. The molecule has 1 N–H and O–H groups in total. The summed E-state index contributed by atoms with van der Waals surface area (Å²) in [4.78, 5) is 20.0. The highest BCUT2D eigenvalue weighted by atomic mass is 16.5. The standard InChI is InChI=1S/C5H7O4/c1-9-5(8)3-2-4(6)7/h3H,2H2,1H3,(H,6,7). The van der Waals surface area contributed by atoms with E-state index >= 15 is 0 Å². The van der Waals surface area contributed by atoms with E-state index in [4.69, 9.17) is 5.11 Å². The van der Waals surface area contributed by atoms with Gasteiger partial charge in [0.15, 0.2) is 0 Å². The maximum absolute atomic E-state index is 10.2. The van der Waals surface area contributed by atoms with Crippen molar-refractivity contribution in [1.29, 1.82) is 0 Å². The summed E-state index contributed by atoms with van der Waals surface area (Å²) in [5.74, 6) is -1.65. The second kappa shape index (κ2) is 3.88. The van der Waals surface area contributed by atoms with Gasteiger partial charge in [-0.3, -0.25) is 9.59 Å². The number of hydrogen-bond donors (Lipinski definition) is 1. The maximum atomic E-state index is 10.2. The van der Waals surface area contributed by atoms with E-state index in [-0.39, 0.29) is 6.42 Å². The molecule has 9 heavy (non-hydrogen) atoms. The number of aliphatic carboxylic acids is 1. The Labute approximate surface area is 52.4 Å². The molecule has 4 heteroatoms. The number of rotatable bonds is 3. The first-order valence-electron chi connectivity index (χ1n) is 2.29. The molecule has 0 atom stereocenters. The Hall–Kier alpha value is -1.06. The Bertz CT molecular complexity index is 118. The summed E-state index contributed by atoms with van der Waals surface area (Å²) in [6.45, 7) is 0. The first kappa shape index (κ1) is 7.94. The Balaban J connectivity index is 3.28. The number of methoxy groups -OCH3 is 1. The van der Waals surface area contributed by atoms with Gasteiger partial charge in [0, 0.05) is 0 Å². The summed E-state index contributed by atoms with van der Waals surface area (Å²) in [6.07, 6.45) is 0.676. The van der Waals surface area contributed by atoms with Crippen LogP contribution in [0.5, 0.6) is 0 Å². The lowest BCUT2D eigenvalue weighted by atomic mass is 10.3. The normalized spacial score (nSPS) is 8.56. The minimum atomic E-state index is -1.04. The number of ether oxygens (including phenoxy) is 1. The molecule has 0 aromatic heterocycles. The van der Waals surface area contributed by atoms with E-state index in [1.165, 1.54) is 7.11 Å². The monoisotopic (exact) mass is 131 g/mol. The van der Waals surface area contributed by atoms with Gasteiger partial charge >= 0.3 is 11.9 Å². The summed E-state index contributed by atoms with van der Waals surface area (Å²) >= 11 is 0. The van der Waals surface area contributed by atoms with Crippen LogP contribution in [0, 0.1) is 6.42 Å². The molecule has 0 amide bonds. The van der Waals surface area contributed by atoms with Crippen molar-refractivity contribution < 1.29 is 19.4 Å². The highest BCUT2D eigenvalue weighted by molar-refractivity contribution is 5.84. The smallest absolute Gasteiger partial charge is 0.310 e. The zero-order chi connectivity index (χ0) is 7.28. The van der Waals surface area contributed by atoms with Crippen molar-refractivity contribution in [2.75, 3.05) is 7.11 Å². The molecule has 0 aliphatic heterocycles. The summed E-state index contributed by atoms with van der Waals surface area (Å²) in [7, 11) is 1.20. The van der Waals surface area contributed by atoms with Crippen LogP contribution in [0.25, 0.3) is 0 Å². The van der Waals surface area contributed by atoms with Gasteiger partial charge in [-0.15, -0.1) is 0 Å². The van der Waals surface area contributed by atoms with Crippen LogP contribution >= 0.6 is 0 Å². The molecule has 4 nitrogen and oxygen atoms in total. The minimum Gasteiger partial charge on any atom is -0.481 e. The van der Waals surface area contributed by atoms with E-state index in [0.29, 0.717) is 0 Å². The zero-order valence-electron chi connectivity index (χ0n) is 4.96. The van der Waals surface area contributed by atoms with Crippen molar-refractivity contribution in [3.05, 3.63) is 6.42 Å². The Morgan fingerprint density at radius 3 is 2.56 bits per heavy atom. The quantitative estimate of drug-likeness (QED) is 0.540. The predicted molar refractivity (Wildman–Crippen MR) is 28.6 cm³/mol. The van der Waals surface area contributed by atoms with Crippen molar-refractivity contribution in [2.24, 2.45) is 0 Å². The molecule has 0 aliphatic carbocycles. The Morgan fingerprint density at radius 1 is 1.67 bits per heavy atom. The highest BCUT2D eigenvalue weighted by Gasteiger charge is 2.03. The molecule has 0 aromatic carbocycles. The SMILES string of the molecule is COC(=O)[CH]CC(=O)O. The van der Waals surface area contributed by atoms with Crippen LogP contribution in [-0.2, 0) is 14.3 Å². The van der Waals surface area contributed by atoms with Gasteiger partial charge in [0.2, 0.25) is 0 Å². The van der Waals surface area contributed by atoms with Crippen LogP contribution in [0.3, 0.4) is 0 Å². The molecule has 0 fully saturated rings. The van der Waals surface area contributed by atoms with Crippen molar-refractivity contribution in [3.63, 3.8) is 0 Å². The topological polar surface area (TPSA) is 63.6 Å². The number of carboxylic acid groups (broad SMARTS) is 1. The van der Waals surface area contributed by atoms with Gasteiger partial charge < -0.3 is 9.84 Å². The average molecular weight is 131 g/mol. The van der Waals surface area contributed by atoms with E-state index in [1.54, 1.807) is 0 Å². The van der Waals surface area contributed by atoms with Gasteiger partial charge in [-0.05, 0) is 0 Å². The predicted octanol–water partition coefficient (Wildman–Crippen LogP) is -0.162. The lowest BCUT2D eigenvalue weighted by Crippen LogP contribution is -2.05. The lowest BCUT2D eigenvalue weighted by Gasteiger charge is -1.92. The average Bonchev–Trinajstić information content (AvgIpc) is 1.83. The van der Waals surface area contributed by atoms with E-state index in [9.17, 15) is 9.59 Å². The molecule has 0 aromatic rings. The molecule has 0 bridgehead atoms. The molecule has 0 spiro atoms. The molecule has 51 valence electrons. The van der Waals surface area contributed by atoms with Crippen molar-refractivity contribution >= 4 is 11.9 Å². The number of esters is 1. The molecular weight excluding hydrogens is 124 g/mol. The summed E-state index contributed by atoms with van der Waals surface area (Å²) < 4.78 is 4.14. The largest absolute Gasteiger partial charge is 0.481 e. The van der Waals surface area contributed by atoms with Crippen molar-refractivity contribution in [2.45, 2.75) is 6.42 Å². The number of hydrogen-bond acceptors (Lipinski definition) is 3. The van der Waals surface area contributed by atoms with Crippen LogP contribution in [0.1, 0.15) is 6.42 Å². The molecule has 0 saturated heterocycles. The molecule has 0 rings (SSSR count). The van der Waals surface area contributed by atoms with E-state index < -0.39 is 11.9 Å². The number of carbonyl (C=O) groups is 2. The highest BCUT2D eigenvalue weighted by Crippen LogP contribution is 1.88. The third kappa shape index (κ3) is 4.80. The van der Waals surface area contributed by atoms with E-state index in [0.717, 1.165) is 6.42 Å². The Morgan fingerprint density at radius 2 is 2.22 bits per heavy atom. The molecule has 0 aliphatic rings. The number of carbonyl (C=O) groups excluding carboxylic acids is 1. The number of carboxylic acids is 1. The van der Waals surface area contributed by atoms with Gasteiger partial charge in [-0.25, -0.2) is 0 Å². The molecule has 0 heterocycles. The molecule has 0 unspecified atom stereocenters. The van der Waals surface area contributed by atoms with Crippen molar-refractivity contribution in [3.8, 4) is 0 Å². The molecular formula is C5H7O4. The first-order valence-corrected chi connectivity index (χ1v) is 2.29.